The Bertz CT molecular complexity index is 596. The summed E-state index contributed by atoms with van der Waals surface area (Å²) in [5.74, 6) is -0.342. The van der Waals surface area contributed by atoms with E-state index in [-0.39, 0.29) is 12.5 Å². The van der Waals surface area contributed by atoms with Gasteiger partial charge in [-0.15, -0.1) is 0 Å². The first kappa shape index (κ1) is 14.3. The van der Waals surface area contributed by atoms with Crippen LogP contribution in [0.5, 0.6) is 0 Å². The maximum atomic E-state index is 11.8. The van der Waals surface area contributed by atoms with Crippen LogP contribution < -0.4 is 5.32 Å². The number of amides is 1. The molecule has 1 heterocycles. The zero-order valence-corrected chi connectivity index (χ0v) is 13.1. The molecule has 1 aliphatic rings. The summed E-state index contributed by atoms with van der Waals surface area (Å²) < 4.78 is 24.3. The van der Waals surface area contributed by atoms with Gasteiger partial charge in [0.1, 0.15) is 0 Å². The number of rotatable bonds is 4. The predicted octanol–water partition coefficient (Wildman–Crippen LogP) is 1.81. The number of nitrogens with one attached hydrogen (secondary N) is 1. The van der Waals surface area contributed by atoms with Crippen molar-refractivity contribution in [3.05, 3.63) is 28.7 Å². The van der Waals surface area contributed by atoms with Gasteiger partial charge >= 0.3 is 0 Å². The molecule has 1 N–H and O–H groups in total. The third-order valence-electron chi connectivity index (χ3n) is 3.16. The molecule has 1 saturated heterocycles. The molecule has 104 valence electrons. The van der Waals surface area contributed by atoms with Crippen LogP contribution in [0.4, 0.5) is 5.69 Å². The molecule has 1 aromatic carbocycles. The molecular weight excluding hydrogens is 332 g/mol. The minimum atomic E-state index is -3.47. The van der Waals surface area contributed by atoms with E-state index in [4.69, 9.17) is 0 Å². The average molecular weight is 347 g/mol. The Morgan fingerprint density at radius 1 is 1.26 bits per heavy atom. The lowest BCUT2D eigenvalue weighted by atomic mass is 10.2. The number of hydrogen-bond donors (Lipinski definition) is 1. The molecule has 7 heteroatoms. The minimum Gasteiger partial charge on any atom is -0.383 e. The first-order valence-corrected chi connectivity index (χ1v) is 8.06. The highest BCUT2D eigenvalue weighted by atomic mass is 79.9. The summed E-state index contributed by atoms with van der Waals surface area (Å²) in [5, 5.41) is 3.08. The lowest BCUT2D eigenvalue weighted by Gasteiger charge is -2.43. The highest BCUT2D eigenvalue weighted by molar-refractivity contribution is 9.10. The molecule has 0 spiro atoms. The van der Waals surface area contributed by atoms with Gasteiger partial charge in [0.15, 0.2) is 4.75 Å². The Morgan fingerprint density at radius 3 is 2.37 bits per heavy atom. The quantitative estimate of drug-likeness (QED) is 0.902. The number of nitrogens with zero attached hydrogens (tertiary/aromatic N) is 1. The fourth-order valence-corrected chi connectivity index (χ4v) is 3.64. The summed E-state index contributed by atoms with van der Waals surface area (Å²) in [6, 6.07) is 7.52. The van der Waals surface area contributed by atoms with Gasteiger partial charge < -0.3 is 5.32 Å². The van der Waals surface area contributed by atoms with E-state index in [1.807, 2.05) is 24.3 Å². The summed E-state index contributed by atoms with van der Waals surface area (Å²) in [4.78, 5) is 11.7. The summed E-state index contributed by atoms with van der Waals surface area (Å²) >= 11 is 3.33. The van der Waals surface area contributed by atoms with E-state index >= 15 is 0 Å². The van der Waals surface area contributed by atoms with Crippen LogP contribution in [0.3, 0.4) is 0 Å². The molecule has 1 aromatic rings. The van der Waals surface area contributed by atoms with Gasteiger partial charge in [-0.2, -0.15) is 0 Å². The normalized spacial score (nSPS) is 19.9. The Labute approximate surface area is 121 Å². The molecule has 0 saturated carbocycles. The lowest BCUT2D eigenvalue weighted by Crippen LogP contribution is -2.67. The molecule has 1 amide bonds. The average Bonchev–Trinajstić information content (AvgIpc) is 2.35. The van der Waals surface area contributed by atoms with Crippen LogP contribution >= 0.6 is 15.9 Å². The SMILES string of the molecule is CC1(C)C(=O)N(CCNc2ccc(Br)cc2)S1(=O)=O. The number of benzene rings is 1. The molecule has 0 radical (unpaired) electrons. The van der Waals surface area contributed by atoms with Gasteiger partial charge in [-0.25, -0.2) is 12.7 Å². The molecule has 0 atom stereocenters. The number of halogens is 1. The van der Waals surface area contributed by atoms with Crippen LogP contribution in [0, 0.1) is 0 Å². The highest BCUT2D eigenvalue weighted by Crippen LogP contribution is 2.34. The van der Waals surface area contributed by atoms with Crippen LogP contribution in [0.2, 0.25) is 0 Å². The van der Waals surface area contributed by atoms with Crippen molar-refractivity contribution < 1.29 is 13.2 Å². The Kier molecular flexibility index (Phi) is 3.61. The second-order valence-corrected chi connectivity index (χ2v) is 8.15. The van der Waals surface area contributed by atoms with Crippen molar-refractivity contribution in [2.24, 2.45) is 0 Å². The second kappa shape index (κ2) is 4.79. The molecule has 0 bridgehead atoms. The monoisotopic (exact) mass is 346 g/mol. The summed E-state index contributed by atoms with van der Waals surface area (Å²) in [5.41, 5.74) is 0.882. The summed E-state index contributed by atoms with van der Waals surface area (Å²) in [6.45, 7) is 3.41. The van der Waals surface area contributed by atoms with Gasteiger partial charge in [0.05, 0.1) is 6.54 Å². The maximum absolute atomic E-state index is 11.8. The Balaban J connectivity index is 1.91. The summed E-state index contributed by atoms with van der Waals surface area (Å²) in [6.07, 6.45) is 0. The number of anilines is 1. The molecular formula is C12H15BrN2O3S. The number of hydrogen-bond acceptors (Lipinski definition) is 4. The first-order chi connectivity index (χ1) is 8.76. The Hall–Kier alpha value is -1.08. The van der Waals surface area contributed by atoms with E-state index in [0.29, 0.717) is 6.54 Å². The van der Waals surface area contributed by atoms with E-state index in [1.165, 1.54) is 13.8 Å². The van der Waals surface area contributed by atoms with Crippen LogP contribution in [-0.4, -0.2) is 36.5 Å². The number of carbonyl (C=O) groups is 1. The van der Waals surface area contributed by atoms with E-state index in [9.17, 15) is 13.2 Å². The molecule has 0 unspecified atom stereocenters. The third-order valence-corrected chi connectivity index (χ3v) is 6.09. The van der Waals surface area contributed by atoms with E-state index < -0.39 is 14.8 Å². The van der Waals surface area contributed by atoms with Gasteiger partial charge in [-0.05, 0) is 38.1 Å². The molecule has 2 rings (SSSR count). The minimum absolute atomic E-state index is 0.153. The van der Waals surface area contributed by atoms with Crippen molar-refractivity contribution in [2.75, 3.05) is 18.4 Å². The molecule has 1 fully saturated rings. The van der Waals surface area contributed by atoms with E-state index in [1.54, 1.807) is 0 Å². The zero-order chi connectivity index (χ0) is 14.3. The van der Waals surface area contributed by atoms with Gasteiger partial charge in [0, 0.05) is 16.7 Å². The Morgan fingerprint density at radius 2 is 1.84 bits per heavy atom. The van der Waals surface area contributed by atoms with Crippen molar-refractivity contribution >= 4 is 37.5 Å². The van der Waals surface area contributed by atoms with Gasteiger partial charge in [0.25, 0.3) is 15.9 Å². The predicted molar refractivity (Wildman–Crippen MR) is 77.3 cm³/mol. The van der Waals surface area contributed by atoms with Gasteiger partial charge in [-0.3, -0.25) is 4.79 Å². The van der Waals surface area contributed by atoms with Crippen molar-refractivity contribution in [3.8, 4) is 0 Å². The van der Waals surface area contributed by atoms with Crippen molar-refractivity contribution in [3.63, 3.8) is 0 Å². The van der Waals surface area contributed by atoms with Crippen LogP contribution in [0.1, 0.15) is 13.8 Å². The zero-order valence-electron chi connectivity index (χ0n) is 10.7. The standard InChI is InChI=1S/C12H15BrN2O3S/c1-12(2)11(16)15(19(12,17)18)8-7-14-10-5-3-9(13)4-6-10/h3-6,14H,7-8H2,1-2H3. The maximum Gasteiger partial charge on any atom is 0.258 e. The van der Waals surface area contributed by atoms with E-state index in [0.717, 1.165) is 14.5 Å². The first-order valence-electron chi connectivity index (χ1n) is 5.83. The fraction of sp³-hybridized carbons (Fsp3) is 0.417. The van der Waals surface area contributed by atoms with Crippen molar-refractivity contribution in [1.29, 1.82) is 0 Å². The topological polar surface area (TPSA) is 66.5 Å². The second-order valence-electron chi connectivity index (χ2n) is 4.83. The third kappa shape index (κ3) is 2.36. The van der Waals surface area contributed by atoms with E-state index in [2.05, 4.69) is 21.2 Å². The highest BCUT2D eigenvalue weighted by Gasteiger charge is 2.59. The smallest absolute Gasteiger partial charge is 0.258 e. The molecule has 0 aromatic heterocycles. The van der Waals surface area contributed by atoms with Crippen LogP contribution in [0.25, 0.3) is 0 Å². The number of carbonyl (C=O) groups excluding carboxylic acids is 1. The van der Waals surface area contributed by atoms with Crippen molar-refractivity contribution in [1.82, 2.24) is 4.31 Å². The lowest BCUT2D eigenvalue weighted by molar-refractivity contribution is -0.132. The van der Waals surface area contributed by atoms with Crippen molar-refractivity contribution in [2.45, 2.75) is 18.6 Å². The van der Waals surface area contributed by atoms with Gasteiger partial charge in [-0.1, -0.05) is 15.9 Å². The van der Waals surface area contributed by atoms with Crippen LogP contribution in [0.15, 0.2) is 28.7 Å². The fourth-order valence-electron chi connectivity index (χ4n) is 1.85. The van der Waals surface area contributed by atoms with Gasteiger partial charge in [0.2, 0.25) is 0 Å². The molecule has 0 aliphatic carbocycles. The largest absolute Gasteiger partial charge is 0.383 e. The number of sulfonamides is 1. The molecule has 5 nitrogen and oxygen atoms in total. The summed E-state index contributed by atoms with van der Waals surface area (Å²) in [7, 11) is -3.47. The van der Waals surface area contributed by atoms with Crippen LogP contribution in [-0.2, 0) is 14.8 Å². The molecule has 1 aliphatic heterocycles. The molecule has 19 heavy (non-hydrogen) atoms.